The predicted molar refractivity (Wildman–Crippen MR) is 167 cm³/mol. The minimum Gasteiger partial charge on any atom is -0.314 e. The number of nitrogens with one attached hydrogen (secondary N) is 1. The molecular weight excluding hydrogens is 624 g/mol. The van der Waals surface area contributed by atoms with Crippen molar-refractivity contribution in [2.45, 2.75) is 66.1 Å². The van der Waals surface area contributed by atoms with Crippen molar-refractivity contribution in [1.82, 2.24) is 34.6 Å². The Kier molecular flexibility index (Phi) is 7.53. The number of halogens is 1. The van der Waals surface area contributed by atoms with Crippen LogP contribution in [0, 0.1) is 30.1 Å². The summed E-state index contributed by atoms with van der Waals surface area (Å²) < 4.78 is 2.08. The number of hydrogen-bond acceptors (Lipinski definition) is 8. The number of carbonyl (C=O) groups is 3. The first-order chi connectivity index (χ1) is 20.9. The lowest BCUT2D eigenvalue weighted by atomic mass is 9.76. The van der Waals surface area contributed by atoms with Gasteiger partial charge in [-0.25, -0.2) is 15.0 Å². The number of likely N-dealkylation sites (tertiary alicyclic amines) is 1. The number of aromatic nitrogens is 6. The van der Waals surface area contributed by atoms with E-state index < -0.39 is 17.5 Å². The van der Waals surface area contributed by atoms with Crippen LogP contribution in [0.1, 0.15) is 56.0 Å². The van der Waals surface area contributed by atoms with E-state index in [1.807, 2.05) is 19.1 Å². The average Bonchev–Trinajstić information content (AvgIpc) is 3.42. The molecule has 6 rings (SSSR count). The van der Waals surface area contributed by atoms with E-state index in [4.69, 9.17) is 0 Å². The maximum Gasteiger partial charge on any atom is 0.248 e. The van der Waals surface area contributed by atoms with E-state index in [2.05, 4.69) is 72.0 Å². The molecule has 5 heterocycles. The predicted octanol–water partition coefficient (Wildman–Crippen LogP) is 4.39. The number of nitrogens with zero attached hydrogens (tertiary/aromatic N) is 7. The Morgan fingerprint density at radius 3 is 2.57 bits per heavy atom. The van der Waals surface area contributed by atoms with Gasteiger partial charge in [0.2, 0.25) is 11.8 Å². The molecular formula is C32H31BrN8O3. The minimum atomic E-state index is -0.770. The lowest BCUT2D eigenvalue weighted by Gasteiger charge is -2.34. The van der Waals surface area contributed by atoms with Gasteiger partial charge in [-0.15, -0.1) is 0 Å². The molecule has 1 fully saturated rings. The molecule has 3 atom stereocenters. The molecule has 0 unspecified atom stereocenters. The minimum absolute atomic E-state index is 0.190. The second-order valence-electron chi connectivity index (χ2n) is 12.0. The van der Waals surface area contributed by atoms with Crippen LogP contribution >= 0.6 is 15.9 Å². The van der Waals surface area contributed by atoms with Gasteiger partial charge in [-0.1, -0.05) is 31.8 Å². The second-order valence-corrected chi connectivity index (χ2v) is 12.8. The lowest BCUT2D eigenvalue weighted by molar-refractivity contribution is -0.138. The number of pyridine rings is 2. The number of rotatable bonds is 8. The molecule has 4 aromatic heterocycles. The molecule has 44 heavy (non-hydrogen) atoms. The van der Waals surface area contributed by atoms with Gasteiger partial charge >= 0.3 is 0 Å². The molecule has 2 aliphatic rings. The molecule has 2 amide bonds. The molecule has 4 aromatic rings. The molecule has 0 saturated carbocycles. The SMILES string of the molecule is CC(=O)c1nn(CC(=O)N2[C@H](C(=O)Nc3nc(Br)ccc3CC(C)C)C[C@@]3(C)C#C[C@@H]23)c2cnc(-c3cnc(C)nc3)cc12. The zero-order valence-electron chi connectivity index (χ0n) is 25.1. The van der Waals surface area contributed by atoms with Gasteiger partial charge in [0.05, 0.1) is 22.8 Å². The summed E-state index contributed by atoms with van der Waals surface area (Å²) in [5.41, 5.74) is 2.46. The highest BCUT2D eigenvalue weighted by molar-refractivity contribution is 9.10. The summed E-state index contributed by atoms with van der Waals surface area (Å²) in [6.45, 7) is 9.21. The fourth-order valence-corrected chi connectivity index (χ4v) is 6.17. The van der Waals surface area contributed by atoms with Crippen LogP contribution in [0.15, 0.2) is 41.4 Å². The molecule has 1 aliphatic heterocycles. The van der Waals surface area contributed by atoms with Crippen LogP contribution in [0.5, 0.6) is 0 Å². The first-order valence-electron chi connectivity index (χ1n) is 14.4. The van der Waals surface area contributed by atoms with E-state index in [-0.39, 0.29) is 29.8 Å². The van der Waals surface area contributed by atoms with Crippen molar-refractivity contribution in [3.8, 4) is 23.1 Å². The van der Waals surface area contributed by atoms with E-state index in [9.17, 15) is 14.4 Å². The monoisotopic (exact) mass is 654 g/mol. The Morgan fingerprint density at radius 1 is 1.16 bits per heavy atom. The molecule has 0 bridgehead atoms. The second kappa shape index (κ2) is 11.2. The highest BCUT2D eigenvalue weighted by atomic mass is 79.9. The van der Waals surface area contributed by atoms with Gasteiger partial charge in [-0.05, 0) is 66.2 Å². The van der Waals surface area contributed by atoms with Gasteiger partial charge in [-0.3, -0.25) is 24.0 Å². The third-order valence-electron chi connectivity index (χ3n) is 8.07. The van der Waals surface area contributed by atoms with Crippen molar-refractivity contribution in [3.05, 3.63) is 58.5 Å². The largest absolute Gasteiger partial charge is 0.314 e. The Labute approximate surface area is 263 Å². The van der Waals surface area contributed by atoms with Crippen molar-refractivity contribution >= 4 is 50.2 Å². The topological polar surface area (TPSA) is 136 Å². The first-order valence-corrected chi connectivity index (χ1v) is 15.2. The van der Waals surface area contributed by atoms with Crippen molar-refractivity contribution in [2.24, 2.45) is 11.3 Å². The summed E-state index contributed by atoms with van der Waals surface area (Å²) in [5.74, 6) is 6.84. The zero-order chi connectivity index (χ0) is 31.3. The number of amides is 2. The number of ketones is 1. The number of anilines is 1. The van der Waals surface area contributed by atoms with Crippen molar-refractivity contribution in [1.29, 1.82) is 0 Å². The van der Waals surface area contributed by atoms with Crippen LogP contribution in [0.2, 0.25) is 0 Å². The van der Waals surface area contributed by atoms with Crippen molar-refractivity contribution < 1.29 is 14.4 Å². The number of hydrogen-bond donors (Lipinski definition) is 1. The quantitative estimate of drug-likeness (QED) is 0.168. The third kappa shape index (κ3) is 5.36. The normalized spacial score (nSPS) is 20.2. The summed E-state index contributed by atoms with van der Waals surface area (Å²) in [4.78, 5) is 59.5. The number of aryl methyl sites for hydroxylation is 1. The Hall–Kier alpha value is -4.50. The maximum atomic E-state index is 14.0. The van der Waals surface area contributed by atoms with Crippen LogP contribution in [0.25, 0.3) is 22.2 Å². The molecule has 1 aliphatic carbocycles. The average molecular weight is 656 g/mol. The molecule has 0 radical (unpaired) electrons. The summed E-state index contributed by atoms with van der Waals surface area (Å²) in [7, 11) is 0. The molecule has 12 heteroatoms. The highest BCUT2D eigenvalue weighted by Crippen LogP contribution is 2.45. The van der Waals surface area contributed by atoms with Gasteiger partial charge in [0.25, 0.3) is 0 Å². The summed E-state index contributed by atoms with van der Waals surface area (Å²) in [6, 6.07) is 4.38. The Morgan fingerprint density at radius 2 is 1.91 bits per heavy atom. The van der Waals surface area contributed by atoms with Crippen LogP contribution in [-0.2, 0) is 22.6 Å². The van der Waals surface area contributed by atoms with Gasteiger partial charge in [0.1, 0.15) is 40.6 Å². The number of Topliss-reactive ketones (excluding diaryl/α,β-unsaturated/α-hetero) is 1. The summed E-state index contributed by atoms with van der Waals surface area (Å²) in [6.07, 6.45) is 6.07. The molecule has 0 spiro atoms. The number of carbonyl (C=O) groups excluding carboxylic acids is 3. The van der Waals surface area contributed by atoms with E-state index in [1.54, 1.807) is 36.5 Å². The van der Waals surface area contributed by atoms with E-state index in [0.717, 1.165) is 12.0 Å². The molecule has 11 nitrogen and oxygen atoms in total. The van der Waals surface area contributed by atoms with Crippen LogP contribution in [0.3, 0.4) is 0 Å². The standard InChI is InChI=1S/C32H31BrN8O3/c1-17(2)10-20-6-7-27(33)37-30(20)38-31(44)24-12-32(5)9-8-26(32)41(24)28(43)16-40-25-15-36-23(21-13-34-19(4)35-14-21)11-22(25)29(39-40)18(3)42/h6-7,11,13-15,17,24,26H,10,12,16H2,1-5H3,(H,37,38,44)/t24-,26+,32+/m0/s1. The molecule has 1 saturated heterocycles. The van der Waals surface area contributed by atoms with Crippen LogP contribution in [0.4, 0.5) is 5.82 Å². The van der Waals surface area contributed by atoms with Gasteiger partial charge in [0, 0.05) is 30.3 Å². The van der Waals surface area contributed by atoms with Crippen molar-refractivity contribution in [2.75, 3.05) is 5.32 Å². The Bertz CT molecular complexity index is 1890. The molecule has 1 N–H and O–H groups in total. The molecule has 224 valence electrons. The van der Waals surface area contributed by atoms with Gasteiger partial charge in [0.15, 0.2) is 5.78 Å². The lowest BCUT2D eigenvalue weighted by Crippen LogP contribution is -2.50. The third-order valence-corrected chi connectivity index (χ3v) is 8.51. The fraction of sp³-hybridized carbons (Fsp3) is 0.375. The molecule has 0 aromatic carbocycles. The van der Waals surface area contributed by atoms with Gasteiger partial charge < -0.3 is 10.2 Å². The number of fused-ring (bicyclic) bond motifs is 2. The Balaban J connectivity index is 1.30. The van der Waals surface area contributed by atoms with Gasteiger partial charge in [-0.2, -0.15) is 5.10 Å². The summed E-state index contributed by atoms with van der Waals surface area (Å²) in [5, 5.41) is 8.07. The first kappa shape index (κ1) is 29.6. The highest BCUT2D eigenvalue weighted by Gasteiger charge is 2.56. The fourth-order valence-electron chi connectivity index (χ4n) is 5.86. The smallest absolute Gasteiger partial charge is 0.248 e. The van der Waals surface area contributed by atoms with E-state index >= 15 is 0 Å². The zero-order valence-corrected chi connectivity index (χ0v) is 26.6. The van der Waals surface area contributed by atoms with Crippen LogP contribution < -0.4 is 5.32 Å². The van der Waals surface area contributed by atoms with Crippen LogP contribution in [-0.4, -0.2) is 64.3 Å². The summed E-state index contributed by atoms with van der Waals surface area (Å²) >= 11 is 3.41. The maximum absolute atomic E-state index is 14.0. The van der Waals surface area contributed by atoms with E-state index in [0.29, 0.717) is 50.7 Å². The van der Waals surface area contributed by atoms with Crippen molar-refractivity contribution in [3.63, 3.8) is 0 Å². The van der Waals surface area contributed by atoms with E-state index in [1.165, 1.54) is 11.6 Å².